The Labute approximate surface area is 105 Å². The van der Waals surface area contributed by atoms with Gasteiger partial charge in [0.2, 0.25) is 0 Å². The Balaban J connectivity index is 1.56. The lowest BCUT2D eigenvalue weighted by molar-refractivity contribution is -0.0718. The van der Waals surface area contributed by atoms with Crippen LogP contribution in [0.15, 0.2) is 0 Å². The van der Waals surface area contributed by atoms with Gasteiger partial charge in [-0.15, -0.1) is 0 Å². The van der Waals surface area contributed by atoms with Crippen molar-refractivity contribution >= 4 is 0 Å². The van der Waals surface area contributed by atoms with Crippen LogP contribution < -0.4 is 0 Å². The second-order valence-electron chi connectivity index (χ2n) is 6.87. The largest absolute Gasteiger partial charge is 0.300 e. The van der Waals surface area contributed by atoms with Crippen molar-refractivity contribution < 1.29 is 0 Å². The molecule has 0 saturated carbocycles. The van der Waals surface area contributed by atoms with Gasteiger partial charge in [-0.1, -0.05) is 12.8 Å². The summed E-state index contributed by atoms with van der Waals surface area (Å²) in [6.45, 7) is 5.68. The third kappa shape index (κ3) is 1.76. The molecule has 4 saturated heterocycles. The Kier molecular flexibility index (Phi) is 2.69. The molecule has 4 fully saturated rings. The monoisotopic (exact) mass is 234 g/mol. The highest BCUT2D eigenvalue weighted by atomic mass is 15.3. The Hall–Kier alpha value is -0.0800. The van der Waals surface area contributed by atoms with Crippen LogP contribution in [-0.4, -0.2) is 48.1 Å². The van der Waals surface area contributed by atoms with Crippen molar-refractivity contribution in [1.29, 1.82) is 0 Å². The molecule has 0 aromatic rings. The zero-order valence-corrected chi connectivity index (χ0v) is 11.0. The first-order chi connectivity index (χ1) is 8.42. The predicted octanol–water partition coefficient (Wildman–Crippen LogP) is 2.35. The number of nitrogens with zero attached hydrogens (tertiary/aromatic N) is 2. The SMILES string of the molecule is C1CCN2C[C@H]3C[C@@H](CN4CCCC[C@@H]34)[C@H]2C1. The van der Waals surface area contributed by atoms with E-state index in [0.717, 1.165) is 23.9 Å². The fourth-order valence-electron chi connectivity index (χ4n) is 5.25. The molecule has 0 aromatic heterocycles. The van der Waals surface area contributed by atoms with Crippen molar-refractivity contribution in [3.05, 3.63) is 0 Å². The number of rotatable bonds is 0. The molecular weight excluding hydrogens is 208 g/mol. The molecule has 96 valence electrons. The minimum atomic E-state index is 0.961. The fourth-order valence-corrected chi connectivity index (χ4v) is 5.25. The Morgan fingerprint density at radius 2 is 1.18 bits per heavy atom. The molecule has 0 spiro atoms. The van der Waals surface area contributed by atoms with E-state index in [4.69, 9.17) is 0 Å². The molecular formula is C15H26N2. The van der Waals surface area contributed by atoms with Gasteiger partial charge in [0.1, 0.15) is 0 Å². The maximum atomic E-state index is 2.87. The summed E-state index contributed by atoms with van der Waals surface area (Å²) in [6.07, 6.45) is 10.5. The van der Waals surface area contributed by atoms with Crippen LogP contribution in [-0.2, 0) is 0 Å². The van der Waals surface area contributed by atoms with Crippen molar-refractivity contribution in [1.82, 2.24) is 9.80 Å². The van der Waals surface area contributed by atoms with Crippen molar-refractivity contribution in [2.24, 2.45) is 11.8 Å². The van der Waals surface area contributed by atoms with Crippen LogP contribution in [0.25, 0.3) is 0 Å². The van der Waals surface area contributed by atoms with Crippen molar-refractivity contribution in [2.75, 3.05) is 26.2 Å². The molecule has 0 aromatic carbocycles. The smallest absolute Gasteiger partial charge is 0.0136 e. The summed E-state index contributed by atoms with van der Waals surface area (Å²) in [5, 5.41) is 0. The second kappa shape index (κ2) is 4.24. The van der Waals surface area contributed by atoms with Gasteiger partial charge in [0.25, 0.3) is 0 Å². The Morgan fingerprint density at radius 1 is 0.647 bits per heavy atom. The lowest BCUT2D eigenvalue weighted by Crippen LogP contribution is -2.63. The number of hydrogen-bond acceptors (Lipinski definition) is 2. The number of fused-ring (bicyclic) bond motifs is 6. The molecule has 4 aliphatic heterocycles. The molecule has 0 unspecified atom stereocenters. The predicted molar refractivity (Wildman–Crippen MR) is 70.0 cm³/mol. The Bertz CT molecular complexity index is 263. The first kappa shape index (κ1) is 10.8. The molecule has 0 amide bonds. The molecule has 2 nitrogen and oxygen atoms in total. The lowest BCUT2D eigenvalue weighted by atomic mass is 9.71. The van der Waals surface area contributed by atoms with Crippen LogP contribution in [0.3, 0.4) is 0 Å². The van der Waals surface area contributed by atoms with Crippen LogP contribution in [0.4, 0.5) is 0 Å². The van der Waals surface area contributed by atoms with Crippen molar-refractivity contribution in [3.8, 4) is 0 Å². The molecule has 17 heavy (non-hydrogen) atoms. The van der Waals surface area contributed by atoms with Crippen LogP contribution in [0.2, 0.25) is 0 Å². The molecule has 4 rings (SSSR count). The summed E-state index contributed by atoms with van der Waals surface area (Å²) in [5.74, 6) is 2.03. The minimum absolute atomic E-state index is 0.961. The second-order valence-corrected chi connectivity index (χ2v) is 6.87. The van der Waals surface area contributed by atoms with Gasteiger partial charge in [0.15, 0.2) is 0 Å². The van der Waals surface area contributed by atoms with Crippen molar-refractivity contribution in [3.63, 3.8) is 0 Å². The van der Waals surface area contributed by atoms with Crippen LogP contribution in [0, 0.1) is 11.8 Å². The first-order valence-electron chi connectivity index (χ1n) is 7.90. The van der Waals surface area contributed by atoms with Gasteiger partial charge in [0, 0.05) is 25.2 Å². The quantitative estimate of drug-likeness (QED) is 0.635. The fraction of sp³-hybridized carbons (Fsp3) is 1.00. The molecule has 4 atom stereocenters. The average Bonchev–Trinajstić information content (AvgIpc) is 2.39. The van der Waals surface area contributed by atoms with E-state index in [2.05, 4.69) is 9.80 Å². The zero-order chi connectivity index (χ0) is 11.2. The molecule has 0 aliphatic carbocycles. The van der Waals surface area contributed by atoms with Gasteiger partial charge in [-0.2, -0.15) is 0 Å². The topological polar surface area (TPSA) is 6.48 Å². The minimum Gasteiger partial charge on any atom is -0.300 e. The summed E-state index contributed by atoms with van der Waals surface area (Å²) in [6, 6.07) is 1.92. The summed E-state index contributed by atoms with van der Waals surface area (Å²) in [7, 11) is 0. The molecule has 2 bridgehead atoms. The van der Waals surface area contributed by atoms with Gasteiger partial charge in [-0.25, -0.2) is 0 Å². The maximum Gasteiger partial charge on any atom is 0.0136 e. The van der Waals surface area contributed by atoms with Gasteiger partial charge in [0.05, 0.1) is 0 Å². The average molecular weight is 234 g/mol. The van der Waals surface area contributed by atoms with E-state index in [1.807, 2.05) is 0 Å². The lowest BCUT2D eigenvalue weighted by Gasteiger charge is -2.57. The molecule has 0 N–H and O–H groups in total. The van der Waals surface area contributed by atoms with E-state index in [-0.39, 0.29) is 0 Å². The first-order valence-corrected chi connectivity index (χ1v) is 7.90. The van der Waals surface area contributed by atoms with Gasteiger partial charge in [-0.05, 0) is 57.0 Å². The summed E-state index contributed by atoms with van der Waals surface area (Å²) >= 11 is 0. The summed E-state index contributed by atoms with van der Waals surface area (Å²) in [4.78, 5) is 5.74. The van der Waals surface area contributed by atoms with Gasteiger partial charge in [-0.3, -0.25) is 9.80 Å². The molecule has 4 aliphatic rings. The highest BCUT2D eigenvalue weighted by Gasteiger charge is 2.46. The summed E-state index contributed by atoms with van der Waals surface area (Å²) in [5.41, 5.74) is 0. The highest BCUT2D eigenvalue weighted by Crippen LogP contribution is 2.42. The van der Waals surface area contributed by atoms with Gasteiger partial charge >= 0.3 is 0 Å². The third-order valence-corrected chi connectivity index (χ3v) is 5.96. The van der Waals surface area contributed by atoms with E-state index in [1.165, 1.54) is 64.7 Å². The molecule has 0 radical (unpaired) electrons. The van der Waals surface area contributed by atoms with Crippen LogP contribution >= 0.6 is 0 Å². The normalized spacial score (nSPS) is 47.3. The highest BCUT2D eigenvalue weighted by molar-refractivity contribution is 5.00. The molecule has 4 heterocycles. The number of piperidine rings is 4. The van der Waals surface area contributed by atoms with E-state index in [0.29, 0.717) is 0 Å². The van der Waals surface area contributed by atoms with E-state index >= 15 is 0 Å². The zero-order valence-electron chi connectivity index (χ0n) is 11.0. The van der Waals surface area contributed by atoms with E-state index in [9.17, 15) is 0 Å². The third-order valence-electron chi connectivity index (χ3n) is 5.96. The van der Waals surface area contributed by atoms with Crippen LogP contribution in [0.5, 0.6) is 0 Å². The van der Waals surface area contributed by atoms with E-state index < -0.39 is 0 Å². The number of hydrogen-bond donors (Lipinski definition) is 0. The van der Waals surface area contributed by atoms with Gasteiger partial charge < -0.3 is 0 Å². The summed E-state index contributed by atoms with van der Waals surface area (Å²) < 4.78 is 0. The maximum absolute atomic E-state index is 2.87. The standard InChI is InChI=1S/C15H26N2/c1-3-7-16-11-13-9-12(14(16)5-1)10-17-8-4-2-6-15(13)17/h12-15H,1-11H2/t12-,13+,14+,15-. The van der Waals surface area contributed by atoms with E-state index in [1.54, 1.807) is 6.42 Å². The molecule has 2 heteroatoms. The van der Waals surface area contributed by atoms with Crippen LogP contribution in [0.1, 0.15) is 44.9 Å². The Morgan fingerprint density at radius 3 is 1.71 bits per heavy atom. The van der Waals surface area contributed by atoms with Crippen molar-refractivity contribution in [2.45, 2.75) is 57.0 Å².